The maximum atomic E-state index is 13.1. The van der Waals surface area contributed by atoms with Crippen molar-refractivity contribution in [2.24, 2.45) is 0 Å². The first-order valence-corrected chi connectivity index (χ1v) is 9.46. The Balaban J connectivity index is 1.63. The van der Waals surface area contributed by atoms with Crippen molar-refractivity contribution in [1.82, 2.24) is 10.2 Å². The predicted octanol–water partition coefficient (Wildman–Crippen LogP) is 4.95. The molecule has 2 nitrogen and oxygen atoms in total. The molecule has 3 aromatic carbocycles. The minimum Gasteiger partial charge on any atom is -0.358 e. The van der Waals surface area contributed by atoms with Crippen molar-refractivity contribution in [3.63, 3.8) is 0 Å². The summed E-state index contributed by atoms with van der Waals surface area (Å²) in [5.41, 5.74) is 3.51. The zero-order chi connectivity index (χ0) is 18.9. The second-order valence-corrected chi connectivity index (χ2v) is 6.81. The van der Waals surface area contributed by atoms with Gasteiger partial charge in [-0.05, 0) is 47.5 Å². The SMILES string of the molecule is Fc1ccc(CNC(=S)N(CCc2ccccc2)Cc2ccccc2)cc1. The summed E-state index contributed by atoms with van der Waals surface area (Å²) in [6.45, 7) is 2.16. The standard InChI is InChI=1S/C23H23FN2S/c24-22-13-11-20(12-14-22)17-25-23(27)26(18-21-9-5-2-6-10-21)16-15-19-7-3-1-4-8-19/h1-14H,15-18H2,(H,25,27). The number of benzene rings is 3. The minimum absolute atomic E-state index is 0.227. The van der Waals surface area contributed by atoms with Crippen LogP contribution in [0.5, 0.6) is 0 Å². The topological polar surface area (TPSA) is 15.3 Å². The molecule has 3 aromatic rings. The molecule has 1 N–H and O–H groups in total. The van der Waals surface area contributed by atoms with Crippen LogP contribution in [0.25, 0.3) is 0 Å². The van der Waals surface area contributed by atoms with Gasteiger partial charge < -0.3 is 10.2 Å². The molecular weight excluding hydrogens is 355 g/mol. The van der Waals surface area contributed by atoms with Gasteiger partial charge in [0.05, 0.1) is 0 Å². The second kappa shape index (κ2) is 9.83. The number of rotatable bonds is 7. The van der Waals surface area contributed by atoms with Crippen LogP contribution in [-0.2, 0) is 19.5 Å². The van der Waals surface area contributed by atoms with Crippen molar-refractivity contribution < 1.29 is 4.39 Å². The van der Waals surface area contributed by atoms with E-state index in [0.717, 1.165) is 25.1 Å². The van der Waals surface area contributed by atoms with Crippen molar-refractivity contribution >= 4 is 17.3 Å². The minimum atomic E-state index is -0.227. The van der Waals surface area contributed by atoms with E-state index in [-0.39, 0.29) is 5.82 Å². The van der Waals surface area contributed by atoms with E-state index in [0.29, 0.717) is 11.7 Å². The molecular formula is C23H23FN2S. The number of hydrogen-bond acceptors (Lipinski definition) is 1. The first kappa shape index (κ1) is 19.1. The van der Waals surface area contributed by atoms with Crippen molar-refractivity contribution in [3.05, 3.63) is 107 Å². The van der Waals surface area contributed by atoms with E-state index in [1.54, 1.807) is 12.1 Å². The molecule has 4 heteroatoms. The molecule has 0 aliphatic rings. The third-order valence-corrected chi connectivity index (χ3v) is 4.78. The fourth-order valence-corrected chi connectivity index (χ4v) is 3.08. The number of nitrogens with zero attached hydrogens (tertiary/aromatic N) is 1. The van der Waals surface area contributed by atoms with Crippen molar-refractivity contribution in [1.29, 1.82) is 0 Å². The zero-order valence-corrected chi connectivity index (χ0v) is 16.0. The van der Waals surface area contributed by atoms with Crippen LogP contribution in [0.3, 0.4) is 0 Å². The fraction of sp³-hybridized carbons (Fsp3) is 0.174. The normalized spacial score (nSPS) is 10.4. The second-order valence-electron chi connectivity index (χ2n) is 6.43. The molecule has 0 atom stereocenters. The number of halogens is 1. The highest BCUT2D eigenvalue weighted by atomic mass is 32.1. The van der Waals surface area contributed by atoms with Crippen LogP contribution < -0.4 is 5.32 Å². The molecule has 0 saturated heterocycles. The molecule has 0 unspecified atom stereocenters. The maximum Gasteiger partial charge on any atom is 0.169 e. The smallest absolute Gasteiger partial charge is 0.169 e. The molecule has 27 heavy (non-hydrogen) atoms. The Morgan fingerprint density at radius 2 is 1.37 bits per heavy atom. The Hall–Kier alpha value is -2.72. The number of thiocarbonyl (C=S) groups is 1. The van der Waals surface area contributed by atoms with Gasteiger partial charge in [0, 0.05) is 19.6 Å². The summed E-state index contributed by atoms with van der Waals surface area (Å²) in [5.74, 6) is -0.227. The summed E-state index contributed by atoms with van der Waals surface area (Å²) >= 11 is 5.66. The van der Waals surface area contributed by atoms with Crippen molar-refractivity contribution in [3.8, 4) is 0 Å². The Morgan fingerprint density at radius 3 is 2.00 bits per heavy atom. The average Bonchev–Trinajstić information content (AvgIpc) is 2.72. The molecule has 0 radical (unpaired) electrons. The maximum absolute atomic E-state index is 13.1. The molecule has 0 aliphatic heterocycles. The average molecular weight is 379 g/mol. The third kappa shape index (κ3) is 6.19. The van der Waals surface area contributed by atoms with Crippen LogP contribution >= 0.6 is 12.2 Å². The van der Waals surface area contributed by atoms with Crippen molar-refractivity contribution in [2.45, 2.75) is 19.5 Å². The van der Waals surface area contributed by atoms with Gasteiger partial charge in [0.1, 0.15) is 5.82 Å². The fourth-order valence-electron chi connectivity index (χ4n) is 2.86. The van der Waals surface area contributed by atoms with Crippen molar-refractivity contribution in [2.75, 3.05) is 6.54 Å². The van der Waals surface area contributed by atoms with Crippen LogP contribution in [0.1, 0.15) is 16.7 Å². The van der Waals surface area contributed by atoms with E-state index < -0.39 is 0 Å². The van der Waals surface area contributed by atoms with Crippen LogP contribution in [0, 0.1) is 5.82 Å². The van der Waals surface area contributed by atoms with E-state index in [1.807, 2.05) is 24.3 Å². The van der Waals surface area contributed by atoms with Gasteiger partial charge >= 0.3 is 0 Å². The van der Waals surface area contributed by atoms with E-state index >= 15 is 0 Å². The molecule has 138 valence electrons. The molecule has 0 amide bonds. The molecule has 0 fully saturated rings. The van der Waals surface area contributed by atoms with Gasteiger partial charge in [-0.2, -0.15) is 0 Å². The molecule has 0 aliphatic carbocycles. The lowest BCUT2D eigenvalue weighted by atomic mass is 10.1. The van der Waals surface area contributed by atoms with Crippen LogP contribution in [-0.4, -0.2) is 16.6 Å². The van der Waals surface area contributed by atoms with Gasteiger partial charge in [0.2, 0.25) is 0 Å². The number of hydrogen-bond donors (Lipinski definition) is 1. The Bertz CT molecular complexity index is 835. The molecule has 0 saturated carbocycles. The van der Waals surface area contributed by atoms with E-state index in [1.165, 1.54) is 23.3 Å². The van der Waals surface area contributed by atoms with Gasteiger partial charge in [0.15, 0.2) is 5.11 Å². The quantitative estimate of drug-likeness (QED) is 0.586. The first-order chi connectivity index (χ1) is 13.2. The highest BCUT2D eigenvalue weighted by Gasteiger charge is 2.11. The molecule has 0 bridgehead atoms. The van der Waals surface area contributed by atoms with E-state index in [4.69, 9.17) is 12.2 Å². The van der Waals surface area contributed by atoms with Crippen LogP contribution in [0.15, 0.2) is 84.9 Å². The lowest BCUT2D eigenvalue weighted by Crippen LogP contribution is -2.40. The molecule has 3 rings (SSSR count). The first-order valence-electron chi connectivity index (χ1n) is 9.06. The Morgan fingerprint density at radius 1 is 0.778 bits per heavy atom. The molecule has 0 aromatic heterocycles. The molecule has 0 heterocycles. The van der Waals surface area contributed by atoms with Gasteiger partial charge in [-0.25, -0.2) is 4.39 Å². The van der Waals surface area contributed by atoms with E-state index in [9.17, 15) is 4.39 Å². The molecule has 0 spiro atoms. The summed E-state index contributed by atoms with van der Waals surface area (Å²) in [4.78, 5) is 2.18. The lowest BCUT2D eigenvalue weighted by Gasteiger charge is -2.26. The largest absolute Gasteiger partial charge is 0.358 e. The monoisotopic (exact) mass is 378 g/mol. The highest BCUT2D eigenvalue weighted by Crippen LogP contribution is 2.09. The summed E-state index contributed by atoms with van der Waals surface area (Å²) in [6.07, 6.45) is 0.923. The van der Waals surface area contributed by atoms with Gasteiger partial charge in [-0.15, -0.1) is 0 Å². The summed E-state index contributed by atoms with van der Waals surface area (Å²) < 4.78 is 13.1. The van der Waals surface area contributed by atoms with E-state index in [2.05, 4.69) is 46.6 Å². The third-order valence-electron chi connectivity index (χ3n) is 4.37. The Labute approximate surface area is 165 Å². The lowest BCUT2D eigenvalue weighted by molar-refractivity contribution is 0.409. The van der Waals surface area contributed by atoms with Gasteiger partial charge in [-0.1, -0.05) is 72.8 Å². The number of nitrogens with one attached hydrogen (secondary N) is 1. The van der Waals surface area contributed by atoms with Gasteiger partial charge in [0.25, 0.3) is 0 Å². The predicted molar refractivity (Wildman–Crippen MR) is 113 cm³/mol. The summed E-state index contributed by atoms with van der Waals surface area (Å²) in [6, 6.07) is 27.2. The van der Waals surface area contributed by atoms with Crippen LogP contribution in [0.2, 0.25) is 0 Å². The zero-order valence-electron chi connectivity index (χ0n) is 15.1. The summed E-state index contributed by atoms with van der Waals surface area (Å²) in [5, 5.41) is 4.02. The van der Waals surface area contributed by atoms with Gasteiger partial charge in [-0.3, -0.25) is 0 Å². The summed E-state index contributed by atoms with van der Waals surface area (Å²) in [7, 11) is 0. The highest BCUT2D eigenvalue weighted by molar-refractivity contribution is 7.80. The van der Waals surface area contributed by atoms with Crippen LogP contribution in [0.4, 0.5) is 4.39 Å². The Kier molecular flexibility index (Phi) is 6.94.